The van der Waals surface area contributed by atoms with E-state index in [0.29, 0.717) is 34.8 Å². The number of ether oxygens (including phenoxy) is 1. The van der Waals surface area contributed by atoms with Crippen LogP contribution in [0.3, 0.4) is 0 Å². The normalized spacial score (nSPS) is 19.1. The van der Waals surface area contributed by atoms with Crippen LogP contribution >= 0.6 is 15.9 Å². The van der Waals surface area contributed by atoms with E-state index in [-0.39, 0.29) is 23.9 Å². The number of aromatic nitrogens is 4. The third-order valence-corrected chi connectivity index (χ3v) is 5.64. The maximum Gasteiger partial charge on any atom is 0.573 e. The summed E-state index contributed by atoms with van der Waals surface area (Å²) in [6, 6.07) is 4.07. The summed E-state index contributed by atoms with van der Waals surface area (Å²) >= 11 is 3.23. The first-order chi connectivity index (χ1) is 14.7. The van der Waals surface area contributed by atoms with E-state index in [1.54, 1.807) is 0 Å². The minimum Gasteiger partial charge on any atom is -0.405 e. The SMILES string of the molecule is O=c1[nH]c2cnc(NC[C@H]3CC[C@@H](O)C3)nc2n1Cc1cc(Br)ccc1OC(F)(F)F. The van der Waals surface area contributed by atoms with Crippen molar-refractivity contribution in [3.05, 3.63) is 44.9 Å². The van der Waals surface area contributed by atoms with Crippen LogP contribution in [0.15, 0.2) is 33.7 Å². The highest BCUT2D eigenvalue weighted by molar-refractivity contribution is 9.10. The fourth-order valence-electron chi connectivity index (χ4n) is 3.71. The van der Waals surface area contributed by atoms with Gasteiger partial charge in [-0.3, -0.25) is 4.57 Å². The van der Waals surface area contributed by atoms with Crippen molar-refractivity contribution in [3.63, 3.8) is 0 Å². The molecule has 0 amide bonds. The monoisotopic (exact) mass is 501 g/mol. The van der Waals surface area contributed by atoms with Crippen LogP contribution in [0, 0.1) is 5.92 Å². The van der Waals surface area contributed by atoms with Crippen molar-refractivity contribution in [2.24, 2.45) is 5.92 Å². The number of benzene rings is 1. The van der Waals surface area contributed by atoms with Gasteiger partial charge in [-0.25, -0.2) is 9.78 Å². The molecule has 1 saturated carbocycles. The molecule has 0 bridgehead atoms. The van der Waals surface area contributed by atoms with Crippen molar-refractivity contribution in [2.75, 3.05) is 11.9 Å². The summed E-state index contributed by atoms with van der Waals surface area (Å²) in [5, 5.41) is 12.8. The second kappa shape index (κ2) is 8.50. The molecule has 0 aliphatic heterocycles. The molecule has 3 N–H and O–H groups in total. The molecule has 4 rings (SSSR count). The van der Waals surface area contributed by atoms with E-state index in [0.717, 1.165) is 12.8 Å². The zero-order valence-electron chi connectivity index (χ0n) is 16.1. The van der Waals surface area contributed by atoms with Crippen LogP contribution in [-0.2, 0) is 6.54 Å². The molecule has 166 valence electrons. The number of aliphatic hydroxyl groups excluding tert-OH is 1. The Balaban J connectivity index is 1.61. The lowest BCUT2D eigenvalue weighted by Crippen LogP contribution is -2.21. The molecule has 0 radical (unpaired) electrons. The summed E-state index contributed by atoms with van der Waals surface area (Å²) in [5.41, 5.74) is 0.244. The molecule has 0 saturated heterocycles. The van der Waals surface area contributed by atoms with E-state index < -0.39 is 17.8 Å². The number of imidazole rings is 1. The number of anilines is 1. The molecule has 1 aliphatic carbocycles. The second-order valence-electron chi connectivity index (χ2n) is 7.46. The number of hydrogen-bond donors (Lipinski definition) is 3. The van der Waals surface area contributed by atoms with Crippen molar-refractivity contribution < 1.29 is 23.0 Å². The number of halogens is 4. The van der Waals surface area contributed by atoms with E-state index in [1.807, 2.05) is 0 Å². The third-order valence-electron chi connectivity index (χ3n) is 5.15. The maximum atomic E-state index is 12.8. The number of fused-ring (bicyclic) bond motifs is 1. The van der Waals surface area contributed by atoms with Gasteiger partial charge in [-0.15, -0.1) is 13.2 Å². The van der Waals surface area contributed by atoms with E-state index in [4.69, 9.17) is 0 Å². The van der Waals surface area contributed by atoms with Crippen LogP contribution in [0.5, 0.6) is 5.75 Å². The molecule has 0 unspecified atom stereocenters. The number of rotatable bonds is 6. The van der Waals surface area contributed by atoms with Crippen LogP contribution in [0.1, 0.15) is 24.8 Å². The smallest absolute Gasteiger partial charge is 0.405 e. The molecule has 2 aromatic heterocycles. The van der Waals surface area contributed by atoms with Gasteiger partial charge >= 0.3 is 12.1 Å². The number of H-pyrrole nitrogens is 1. The van der Waals surface area contributed by atoms with Crippen molar-refractivity contribution >= 4 is 33.0 Å². The Morgan fingerprint density at radius 1 is 1.35 bits per heavy atom. The zero-order chi connectivity index (χ0) is 22.2. The molecule has 1 aliphatic rings. The highest BCUT2D eigenvalue weighted by Gasteiger charge is 2.32. The van der Waals surface area contributed by atoms with Gasteiger partial charge in [0.2, 0.25) is 5.95 Å². The van der Waals surface area contributed by atoms with Gasteiger partial charge in [0.05, 0.1) is 18.8 Å². The number of nitrogens with one attached hydrogen (secondary N) is 2. The minimum atomic E-state index is -4.86. The molecule has 2 heterocycles. The van der Waals surface area contributed by atoms with E-state index >= 15 is 0 Å². The Morgan fingerprint density at radius 2 is 2.16 bits per heavy atom. The third kappa shape index (κ3) is 5.18. The zero-order valence-corrected chi connectivity index (χ0v) is 17.7. The summed E-state index contributed by atoms with van der Waals surface area (Å²) < 4.78 is 44.2. The standard InChI is InChI=1S/C19H19BrF3N5O3/c20-12-2-4-15(31-19(21,22)23)11(6-12)9-28-16-14(26-18(28)30)8-25-17(27-16)24-7-10-1-3-13(29)5-10/h2,4,6,8,10,13,29H,1,3,5,7,9H2,(H,26,30)(H,24,25,27)/t10-,13+/m0/s1. The van der Waals surface area contributed by atoms with Crippen molar-refractivity contribution in [3.8, 4) is 5.75 Å². The molecule has 31 heavy (non-hydrogen) atoms. The molecule has 1 aromatic carbocycles. The first-order valence-electron chi connectivity index (χ1n) is 9.59. The quantitative estimate of drug-likeness (QED) is 0.478. The number of aliphatic hydroxyl groups is 1. The number of hydrogen-bond acceptors (Lipinski definition) is 6. The number of alkyl halides is 3. The molecular weight excluding hydrogens is 483 g/mol. The molecule has 12 heteroatoms. The van der Waals surface area contributed by atoms with Crippen LogP contribution in [0.2, 0.25) is 0 Å². The van der Waals surface area contributed by atoms with Gasteiger partial charge in [0.15, 0.2) is 5.65 Å². The van der Waals surface area contributed by atoms with E-state index in [9.17, 15) is 23.1 Å². The van der Waals surface area contributed by atoms with E-state index in [1.165, 1.54) is 29.0 Å². The highest BCUT2D eigenvalue weighted by atomic mass is 79.9. The Morgan fingerprint density at radius 3 is 2.87 bits per heavy atom. The predicted molar refractivity (Wildman–Crippen MR) is 110 cm³/mol. The van der Waals surface area contributed by atoms with Gasteiger partial charge < -0.3 is 20.1 Å². The summed E-state index contributed by atoms with van der Waals surface area (Å²) in [7, 11) is 0. The lowest BCUT2D eigenvalue weighted by molar-refractivity contribution is -0.274. The largest absolute Gasteiger partial charge is 0.573 e. The fourth-order valence-corrected chi connectivity index (χ4v) is 4.12. The molecule has 0 spiro atoms. The molecular formula is C19H19BrF3N5O3. The van der Waals surface area contributed by atoms with Crippen LogP contribution < -0.4 is 15.7 Å². The van der Waals surface area contributed by atoms with Crippen LogP contribution in [0.4, 0.5) is 19.1 Å². The lowest BCUT2D eigenvalue weighted by Gasteiger charge is -2.14. The van der Waals surface area contributed by atoms with Gasteiger partial charge in [0.25, 0.3) is 0 Å². The number of aromatic amines is 1. The Hall–Kier alpha value is -2.60. The molecule has 8 nitrogen and oxygen atoms in total. The number of nitrogens with zero attached hydrogens (tertiary/aromatic N) is 3. The Labute approximate surface area is 182 Å². The summed E-state index contributed by atoms with van der Waals surface area (Å²) in [4.78, 5) is 23.6. The Bertz CT molecular complexity index is 1150. The summed E-state index contributed by atoms with van der Waals surface area (Å²) in [6.45, 7) is 0.390. The first-order valence-corrected chi connectivity index (χ1v) is 10.4. The predicted octanol–water partition coefficient (Wildman–Crippen LogP) is 3.40. The fraction of sp³-hybridized carbons (Fsp3) is 0.421. The molecule has 1 fully saturated rings. The van der Waals surface area contributed by atoms with Crippen molar-refractivity contribution in [2.45, 2.75) is 38.3 Å². The molecule has 3 aromatic rings. The summed E-state index contributed by atoms with van der Waals surface area (Å²) in [6.07, 6.45) is -1.34. The average molecular weight is 502 g/mol. The minimum absolute atomic E-state index is 0.155. The van der Waals surface area contributed by atoms with Gasteiger partial charge in [-0.05, 0) is 43.4 Å². The van der Waals surface area contributed by atoms with Crippen molar-refractivity contribution in [1.29, 1.82) is 0 Å². The average Bonchev–Trinajstić information content (AvgIpc) is 3.24. The first kappa shape index (κ1) is 21.6. The van der Waals surface area contributed by atoms with Crippen molar-refractivity contribution in [1.82, 2.24) is 19.5 Å². The van der Waals surface area contributed by atoms with Gasteiger partial charge in [-0.1, -0.05) is 15.9 Å². The van der Waals surface area contributed by atoms with Crippen LogP contribution in [-0.4, -0.2) is 43.6 Å². The summed E-state index contributed by atoms with van der Waals surface area (Å²) in [5.74, 6) is 0.193. The van der Waals surface area contributed by atoms with E-state index in [2.05, 4.69) is 40.9 Å². The topological polar surface area (TPSA) is 105 Å². The Kier molecular flexibility index (Phi) is 5.93. The van der Waals surface area contributed by atoms with Gasteiger partial charge in [-0.2, -0.15) is 4.98 Å². The highest BCUT2D eigenvalue weighted by Crippen LogP contribution is 2.30. The van der Waals surface area contributed by atoms with Crippen LogP contribution in [0.25, 0.3) is 11.2 Å². The van der Waals surface area contributed by atoms with Gasteiger partial charge in [0.1, 0.15) is 11.3 Å². The lowest BCUT2D eigenvalue weighted by atomic mass is 10.1. The second-order valence-corrected chi connectivity index (χ2v) is 8.38. The molecule has 2 atom stereocenters. The maximum absolute atomic E-state index is 12.8. The van der Waals surface area contributed by atoms with Gasteiger partial charge in [0, 0.05) is 16.6 Å².